The summed E-state index contributed by atoms with van der Waals surface area (Å²) in [5, 5.41) is 0. The average Bonchev–Trinajstić information content (AvgIpc) is 2.53. The molecule has 0 radical (unpaired) electrons. The number of halogens is 3. The molecule has 1 aromatic carbocycles. The number of nitrogens with zero attached hydrogens (tertiary/aromatic N) is 2. The highest BCUT2D eigenvalue weighted by Gasteiger charge is 2.41. The molecule has 1 heterocycles. The number of hydrogen-bond donors (Lipinski definition) is 0. The van der Waals surface area contributed by atoms with E-state index in [-0.39, 0.29) is 5.69 Å². The molecule has 1 aromatic rings. The Bertz CT molecular complexity index is 505. The molecule has 1 aliphatic rings. The molecule has 0 spiro atoms. The second-order valence-corrected chi connectivity index (χ2v) is 4.29. The summed E-state index contributed by atoms with van der Waals surface area (Å²) in [6.07, 6.45) is -4.44. The van der Waals surface area contributed by atoms with Gasteiger partial charge in [-0.25, -0.2) is 9.69 Å². The van der Waals surface area contributed by atoms with Crippen LogP contribution in [0.25, 0.3) is 0 Å². The number of anilines is 1. The van der Waals surface area contributed by atoms with Crippen molar-refractivity contribution in [3.8, 4) is 0 Å². The van der Waals surface area contributed by atoms with Gasteiger partial charge in [-0.3, -0.25) is 4.79 Å². The van der Waals surface area contributed by atoms with Crippen molar-refractivity contribution in [1.29, 1.82) is 0 Å². The predicted molar refractivity (Wildman–Crippen MR) is 61.6 cm³/mol. The lowest BCUT2D eigenvalue weighted by atomic mass is 10.2. The number of carbonyl (C=O) groups is 2. The SMILES string of the molecule is CC1C(=O)N(c2ccc(C(F)(F)F)cc2)C(=O)N1C. The van der Waals surface area contributed by atoms with E-state index in [4.69, 9.17) is 0 Å². The van der Waals surface area contributed by atoms with Gasteiger partial charge in [0, 0.05) is 7.05 Å². The summed E-state index contributed by atoms with van der Waals surface area (Å²) in [6, 6.07) is 2.76. The highest BCUT2D eigenvalue weighted by molar-refractivity contribution is 6.21. The van der Waals surface area contributed by atoms with Crippen LogP contribution in [0.2, 0.25) is 0 Å². The van der Waals surface area contributed by atoms with Crippen molar-refractivity contribution in [3.05, 3.63) is 29.8 Å². The topological polar surface area (TPSA) is 40.6 Å². The van der Waals surface area contributed by atoms with E-state index in [1.807, 2.05) is 0 Å². The van der Waals surface area contributed by atoms with Crippen molar-refractivity contribution < 1.29 is 22.8 Å². The zero-order valence-electron chi connectivity index (χ0n) is 10.2. The predicted octanol–water partition coefficient (Wildman–Crippen LogP) is 2.49. The van der Waals surface area contributed by atoms with Gasteiger partial charge >= 0.3 is 12.2 Å². The third-order valence-electron chi connectivity index (χ3n) is 3.10. The minimum Gasteiger partial charge on any atom is -0.315 e. The fraction of sp³-hybridized carbons (Fsp3) is 0.333. The van der Waals surface area contributed by atoms with Gasteiger partial charge in [-0.2, -0.15) is 13.2 Å². The standard InChI is InChI=1S/C12H11F3N2O2/c1-7-10(18)17(11(19)16(7)2)9-5-3-8(4-6-9)12(13,14)15/h3-7H,1-2H3. The van der Waals surface area contributed by atoms with Gasteiger partial charge in [-0.15, -0.1) is 0 Å². The summed E-state index contributed by atoms with van der Waals surface area (Å²) in [6.45, 7) is 1.56. The first-order chi connectivity index (χ1) is 8.73. The molecule has 0 saturated carbocycles. The number of carbonyl (C=O) groups excluding carboxylic acids is 2. The molecule has 0 aromatic heterocycles. The van der Waals surface area contributed by atoms with Gasteiger partial charge < -0.3 is 4.90 Å². The third-order valence-corrected chi connectivity index (χ3v) is 3.10. The molecule has 2 rings (SSSR count). The Labute approximate surface area is 107 Å². The fourth-order valence-corrected chi connectivity index (χ4v) is 1.81. The number of urea groups is 1. The number of likely N-dealkylation sites (N-methyl/N-ethyl adjacent to an activating group) is 1. The molecule has 19 heavy (non-hydrogen) atoms. The third kappa shape index (κ3) is 2.16. The molecule has 0 aliphatic carbocycles. The lowest BCUT2D eigenvalue weighted by Crippen LogP contribution is -2.31. The average molecular weight is 272 g/mol. The van der Waals surface area contributed by atoms with E-state index in [2.05, 4.69) is 0 Å². The van der Waals surface area contributed by atoms with E-state index in [0.29, 0.717) is 0 Å². The van der Waals surface area contributed by atoms with Gasteiger partial charge in [0.2, 0.25) is 0 Å². The number of hydrogen-bond acceptors (Lipinski definition) is 2. The molecule has 1 unspecified atom stereocenters. The van der Waals surface area contributed by atoms with Crippen molar-refractivity contribution in [1.82, 2.24) is 4.90 Å². The molecule has 0 N–H and O–H groups in total. The largest absolute Gasteiger partial charge is 0.416 e. The van der Waals surface area contributed by atoms with Crippen molar-refractivity contribution >= 4 is 17.6 Å². The lowest BCUT2D eigenvalue weighted by molar-refractivity contribution is -0.137. The first-order valence-electron chi connectivity index (χ1n) is 5.51. The van der Waals surface area contributed by atoms with Gasteiger partial charge in [0.25, 0.3) is 5.91 Å². The summed E-state index contributed by atoms with van der Waals surface area (Å²) < 4.78 is 37.3. The van der Waals surface area contributed by atoms with Crippen LogP contribution in [-0.2, 0) is 11.0 Å². The van der Waals surface area contributed by atoms with Crippen LogP contribution in [0.3, 0.4) is 0 Å². The van der Waals surface area contributed by atoms with E-state index in [9.17, 15) is 22.8 Å². The van der Waals surface area contributed by atoms with Crippen LogP contribution >= 0.6 is 0 Å². The highest BCUT2D eigenvalue weighted by Crippen LogP contribution is 2.31. The molecule has 1 aliphatic heterocycles. The first kappa shape index (κ1) is 13.4. The molecule has 1 atom stereocenters. The Hall–Kier alpha value is -2.05. The first-order valence-corrected chi connectivity index (χ1v) is 5.51. The van der Waals surface area contributed by atoms with Gasteiger partial charge in [0.1, 0.15) is 6.04 Å². The van der Waals surface area contributed by atoms with E-state index in [0.717, 1.165) is 29.2 Å². The fourth-order valence-electron chi connectivity index (χ4n) is 1.81. The smallest absolute Gasteiger partial charge is 0.315 e. The van der Waals surface area contributed by atoms with Crippen LogP contribution in [0, 0.1) is 0 Å². The van der Waals surface area contributed by atoms with Crippen LogP contribution in [0.1, 0.15) is 12.5 Å². The van der Waals surface area contributed by atoms with Crippen molar-refractivity contribution in [2.24, 2.45) is 0 Å². The van der Waals surface area contributed by atoms with Crippen LogP contribution in [0.4, 0.5) is 23.7 Å². The lowest BCUT2D eigenvalue weighted by Gasteiger charge is -2.15. The number of imide groups is 1. The van der Waals surface area contributed by atoms with Crippen LogP contribution < -0.4 is 4.90 Å². The summed E-state index contributed by atoms with van der Waals surface area (Å²) in [5.74, 6) is -0.452. The summed E-state index contributed by atoms with van der Waals surface area (Å²) >= 11 is 0. The minimum absolute atomic E-state index is 0.138. The van der Waals surface area contributed by atoms with E-state index >= 15 is 0 Å². The maximum Gasteiger partial charge on any atom is 0.416 e. The molecule has 0 bridgehead atoms. The van der Waals surface area contributed by atoms with Gasteiger partial charge in [0.05, 0.1) is 11.3 Å². The molecule has 3 amide bonds. The summed E-state index contributed by atoms with van der Waals surface area (Å²) in [7, 11) is 1.47. The summed E-state index contributed by atoms with van der Waals surface area (Å²) in [5.41, 5.74) is -0.684. The Balaban J connectivity index is 2.34. The normalized spacial score (nSPS) is 20.4. The second kappa shape index (κ2) is 4.25. The number of amides is 3. The van der Waals surface area contributed by atoms with Crippen molar-refractivity contribution in [2.45, 2.75) is 19.1 Å². The van der Waals surface area contributed by atoms with Crippen LogP contribution in [0.5, 0.6) is 0 Å². The van der Waals surface area contributed by atoms with Gasteiger partial charge in [0.15, 0.2) is 0 Å². The van der Waals surface area contributed by atoms with Gasteiger partial charge in [-0.05, 0) is 31.2 Å². The number of alkyl halides is 3. The quantitative estimate of drug-likeness (QED) is 0.737. The maximum atomic E-state index is 12.4. The molecule has 1 saturated heterocycles. The Morgan fingerprint density at radius 3 is 2.00 bits per heavy atom. The minimum atomic E-state index is -4.44. The molecular weight excluding hydrogens is 261 g/mol. The molecule has 7 heteroatoms. The monoisotopic (exact) mass is 272 g/mol. The Kier molecular flexibility index (Phi) is 3.00. The number of benzene rings is 1. The second-order valence-electron chi connectivity index (χ2n) is 4.29. The maximum absolute atomic E-state index is 12.4. The van der Waals surface area contributed by atoms with Crippen molar-refractivity contribution in [3.63, 3.8) is 0 Å². The molecule has 102 valence electrons. The Morgan fingerprint density at radius 2 is 1.63 bits per heavy atom. The van der Waals surface area contributed by atoms with E-state index < -0.39 is 29.7 Å². The van der Waals surface area contributed by atoms with Crippen LogP contribution in [-0.4, -0.2) is 29.9 Å². The van der Waals surface area contributed by atoms with Gasteiger partial charge in [-0.1, -0.05) is 0 Å². The Morgan fingerprint density at radius 1 is 1.11 bits per heavy atom. The van der Waals surface area contributed by atoms with E-state index in [1.54, 1.807) is 6.92 Å². The van der Waals surface area contributed by atoms with E-state index in [1.165, 1.54) is 11.9 Å². The molecule has 1 fully saturated rings. The van der Waals surface area contributed by atoms with Crippen molar-refractivity contribution in [2.75, 3.05) is 11.9 Å². The highest BCUT2D eigenvalue weighted by atomic mass is 19.4. The molecular formula is C12H11F3N2O2. The molecule has 4 nitrogen and oxygen atoms in total. The summed E-state index contributed by atoms with van der Waals surface area (Å²) in [4.78, 5) is 25.8. The zero-order chi connectivity index (χ0) is 14.4. The number of rotatable bonds is 1. The zero-order valence-corrected chi connectivity index (χ0v) is 10.2. The van der Waals surface area contributed by atoms with Crippen LogP contribution in [0.15, 0.2) is 24.3 Å².